The first-order valence-corrected chi connectivity index (χ1v) is 17.7. The number of nitrogens with one attached hydrogen (secondary N) is 1. The van der Waals surface area contributed by atoms with Crippen molar-refractivity contribution in [3.63, 3.8) is 0 Å². The Labute approximate surface area is 283 Å². The minimum Gasteiger partial charge on any atom is -0.350 e. The zero-order valence-corrected chi connectivity index (χ0v) is 28.5. The number of nitrogens with zero attached hydrogens (tertiary/aromatic N) is 4. The van der Waals surface area contributed by atoms with Gasteiger partial charge >= 0.3 is 0 Å². The van der Waals surface area contributed by atoms with Crippen LogP contribution in [0.1, 0.15) is 96.9 Å². The van der Waals surface area contributed by atoms with Crippen molar-refractivity contribution in [2.24, 2.45) is 0 Å². The number of aromatic nitrogens is 2. The van der Waals surface area contributed by atoms with Gasteiger partial charge in [-0.15, -0.1) is 0 Å². The summed E-state index contributed by atoms with van der Waals surface area (Å²) in [4.78, 5) is 36.1. The zero-order chi connectivity index (χ0) is 32.7. The predicted molar refractivity (Wildman–Crippen MR) is 188 cm³/mol. The van der Waals surface area contributed by atoms with E-state index in [4.69, 9.17) is 16.6 Å². The molecule has 4 heterocycles. The molecule has 2 bridgehead atoms. The maximum absolute atomic E-state index is 13.8. The van der Waals surface area contributed by atoms with Crippen molar-refractivity contribution in [2.75, 3.05) is 19.6 Å². The van der Waals surface area contributed by atoms with Crippen LogP contribution in [0.5, 0.6) is 0 Å². The summed E-state index contributed by atoms with van der Waals surface area (Å²) in [6.45, 7) is 8.39. The number of carbonyl (C=O) groups excluding carboxylic acids is 2. The minimum absolute atomic E-state index is 0.00770. The third kappa shape index (κ3) is 6.20. The lowest BCUT2D eigenvalue weighted by molar-refractivity contribution is 0.0607. The zero-order valence-electron chi connectivity index (χ0n) is 27.8. The summed E-state index contributed by atoms with van der Waals surface area (Å²) in [5.41, 5.74) is 4.60. The molecule has 3 aromatic carbocycles. The molecule has 1 unspecified atom stereocenters. The van der Waals surface area contributed by atoms with Crippen LogP contribution in [0.2, 0.25) is 5.02 Å². The van der Waals surface area contributed by atoms with Gasteiger partial charge in [-0.25, -0.2) is 4.98 Å². The van der Waals surface area contributed by atoms with Gasteiger partial charge in [0, 0.05) is 42.8 Å². The number of hydrogen-bond acceptors (Lipinski definition) is 4. The molecule has 1 N–H and O–H groups in total. The van der Waals surface area contributed by atoms with Crippen molar-refractivity contribution in [1.29, 1.82) is 0 Å². The standard InChI is InChI=1S/C39H46ClN5O2/c1-26(2)41-37(46)28-13-16-34(40)33(23-28)38(47)43-20-17-39(18-21-43,29-9-5-4-6-10-29)19-22-44-30-14-15-31(44)25-32(24-30)45-27(3)42-35-11-7-8-12-36(35)45/h4-13,16,23,26,30-32H,14-15,17-22,24-25H2,1-3H3,(H,41,46)/t30-,31+,32?. The number of rotatable bonds is 8. The molecule has 7 nitrogen and oxygen atoms in total. The fraction of sp³-hybridized carbons (Fsp3) is 0.462. The molecule has 3 fully saturated rings. The number of imidazole rings is 1. The van der Waals surface area contributed by atoms with Crippen LogP contribution in [0.4, 0.5) is 0 Å². The van der Waals surface area contributed by atoms with Gasteiger partial charge in [0.05, 0.1) is 21.6 Å². The molecule has 7 rings (SSSR count). The summed E-state index contributed by atoms with van der Waals surface area (Å²) in [7, 11) is 0. The molecule has 0 saturated carbocycles. The number of carbonyl (C=O) groups is 2. The first kappa shape index (κ1) is 31.9. The van der Waals surface area contributed by atoms with Gasteiger partial charge in [-0.1, -0.05) is 54.1 Å². The Bertz CT molecular complexity index is 1750. The molecule has 8 heteroatoms. The predicted octanol–water partition coefficient (Wildman–Crippen LogP) is 7.57. The molecule has 2 amide bonds. The van der Waals surface area contributed by atoms with Gasteiger partial charge in [-0.2, -0.15) is 0 Å². The highest BCUT2D eigenvalue weighted by Gasteiger charge is 2.44. The number of aryl methyl sites for hydroxylation is 1. The normalized spacial score (nSPS) is 22.6. The summed E-state index contributed by atoms with van der Waals surface area (Å²) in [6.07, 6.45) is 7.76. The van der Waals surface area contributed by atoms with E-state index in [1.165, 1.54) is 36.8 Å². The van der Waals surface area contributed by atoms with Gasteiger partial charge < -0.3 is 14.8 Å². The summed E-state index contributed by atoms with van der Waals surface area (Å²) >= 11 is 6.53. The van der Waals surface area contributed by atoms with E-state index in [1.54, 1.807) is 18.2 Å². The molecule has 4 aromatic rings. The topological polar surface area (TPSA) is 70.5 Å². The first-order chi connectivity index (χ1) is 22.7. The Morgan fingerprint density at radius 3 is 2.32 bits per heavy atom. The second-order valence-electron chi connectivity index (χ2n) is 14.3. The van der Waals surface area contributed by atoms with Crippen LogP contribution in [0.15, 0.2) is 72.8 Å². The molecule has 47 heavy (non-hydrogen) atoms. The third-order valence-electron chi connectivity index (χ3n) is 11.1. The highest BCUT2D eigenvalue weighted by Crippen LogP contribution is 2.45. The number of para-hydroxylation sites is 2. The average Bonchev–Trinajstić information content (AvgIpc) is 3.54. The Kier molecular flexibility index (Phi) is 8.88. The van der Waals surface area contributed by atoms with Crippen molar-refractivity contribution >= 4 is 34.4 Å². The van der Waals surface area contributed by atoms with Gasteiger partial charge in [0.15, 0.2) is 0 Å². The van der Waals surface area contributed by atoms with E-state index in [0.29, 0.717) is 47.4 Å². The summed E-state index contributed by atoms with van der Waals surface area (Å²) in [5, 5.41) is 3.29. The number of likely N-dealkylation sites (tertiary alicyclic amines) is 1. The van der Waals surface area contributed by atoms with Crippen molar-refractivity contribution in [1.82, 2.24) is 24.7 Å². The number of halogens is 1. The molecule has 3 aliphatic heterocycles. The van der Waals surface area contributed by atoms with Gasteiger partial charge in [-0.05, 0) is 114 Å². The van der Waals surface area contributed by atoms with E-state index in [1.807, 2.05) is 18.7 Å². The second-order valence-corrected chi connectivity index (χ2v) is 14.7. The number of benzene rings is 3. The van der Waals surface area contributed by atoms with Crippen LogP contribution in [0.25, 0.3) is 11.0 Å². The number of fused-ring (bicyclic) bond motifs is 3. The number of piperidine rings is 2. The Morgan fingerprint density at radius 1 is 0.936 bits per heavy atom. The van der Waals surface area contributed by atoms with Crippen LogP contribution < -0.4 is 5.32 Å². The molecular weight excluding hydrogens is 606 g/mol. The average molecular weight is 652 g/mol. The molecule has 3 atom stereocenters. The van der Waals surface area contributed by atoms with Crippen LogP contribution in [-0.4, -0.2) is 68.9 Å². The number of amides is 2. The monoisotopic (exact) mass is 651 g/mol. The highest BCUT2D eigenvalue weighted by atomic mass is 35.5. The van der Waals surface area contributed by atoms with Crippen molar-refractivity contribution < 1.29 is 9.59 Å². The van der Waals surface area contributed by atoms with Gasteiger partial charge in [0.1, 0.15) is 5.82 Å². The van der Waals surface area contributed by atoms with E-state index in [-0.39, 0.29) is 23.3 Å². The molecule has 0 spiro atoms. The minimum atomic E-state index is -0.195. The van der Waals surface area contributed by atoms with Crippen molar-refractivity contribution in [2.45, 2.75) is 95.3 Å². The Hall–Kier alpha value is -3.68. The van der Waals surface area contributed by atoms with E-state index in [2.05, 4.69) is 76.3 Å². The molecular formula is C39H46ClN5O2. The van der Waals surface area contributed by atoms with E-state index >= 15 is 0 Å². The van der Waals surface area contributed by atoms with Crippen molar-refractivity contribution in [3.8, 4) is 0 Å². The molecule has 1 aromatic heterocycles. The molecule has 3 saturated heterocycles. The van der Waals surface area contributed by atoms with Crippen LogP contribution in [0, 0.1) is 6.92 Å². The summed E-state index contributed by atoms with van der Waals surface area (Å²) in [5.74, 6) is 0.831. The molecule has 0 aliphatic carbocycles. The van der Waals surface area contributed by atoms with Crippen molar-refractivity contribution in [3.05, 3.63) is 100 Å². The van der Waals surface area contributed by atoms with E-state index < -0.39 is 0 Å². The van der Waals surface area contributed by atoms with Crippen LogP contribution in [0.3, 0.4) is 0 Å². The van der Waals surface area contributed by atoms with Crippen LogP contribution >= 0.6 is 11.6 Å². The highest BCUT2D eigenvalue weighted by molar-refractivity contribution is 6.34. The third-order valence-corrected chi connectivity index (χ3v) is 11.4. The van der Waals surface area contributed by atoms with Gasteiger partial charge in [0.25, 0.3) is 11.8 Å². The van der Waals surface area contributed by atoms with E-state index in [0.717, 1.165) is 37.1 Å². The lowest BCUT2D eigenvalue weighted by Gasteiger charge is -2.45. The lowest BCUT2D eigenvalue weighted by Crippen LogP contribution is -2.49. The Morgan fingerprint density at radius 2 is 1.62 bits per heavy atom. The van der Waals surface area contributed by atoms with Crippen LogP contribution in [-0.2, 0) is 5.41 Å². The molecule has 3 aliphatic rings. The summed E-state index contributed by atoms with van der Waals surface area (Å²) in [6, 6.07) is 26.2. The maximum Gasteiger partial charge on any atom is 0.255 e. The molecule has 0 radical (unpaired) electrons. The smallest absolute Gasteiger partial charge is 0.255 e. The van der Waals surface area contributed by atoms with Gasteiger partial charge in [-0.3, -0.25) is 14.5 Å². The SMILES string of the molecule is Cc1nc2ccccc2n1C1C[C@H]2CC[C@@H](C1)N2CCC1(c2ccccc2)CCN(C(=O)c2cc(C(=O)NC(C)C)ccc2Cl)CC1. The fourth-order valence-corrected chi connectivity index (χ4v) is 8.95. The largest absolute Gasteiger partial charge is 0.350 e. The fourth-order valence-electron chi connectivity index (χ4n) is 8.75. The maximum atomic E-state index is 13.8. The quantitative estimate of drug-likeness (QED) is 0.213. The Balaban J connectivity index is 1.05. The summed E-state index contributed by atoms with van der Waals surface area (Å²) < 4.78 is 2.51. The number of hydrogen-bond donors (Lipinski definition) is 1. The molecule has 246 valence electrons. The van der Waals surface area contributed by atoms with E-state index in [9.17, 15) is 9.59 Å². The van der Waals surface area contributed by atoms with Gasteiger partial charge in [0.2, 0.25) is 0 Å². The second kappa shape index (κ2) is 13.1. The lowest BCUT2D eigenvalue weighted by atomic mass is 9.70. The first-order valence-electron chi connectivity index (χ1n) is 17.4.